The highest BCUT2D eigenvalue weighted by molar-refractivity contribution is 7.89. The van der Waals surface area contributed by atoms with Crippen molar-refractivity contribution in [1.82, 2.24) is 9.29 Å². The molecule has 1 aliphatic rings. The second-order valence-corrected chi connectivity index (χ2v) is 9.51. The molecule has 4 nitrogen and oxygen atoms in total. The highest BCUT2D eigenvalue weighted by Gasteiger charge is 2.31. The third-order valence-electron chi connectivity index (χ3n) is 4.77. The summed E-state index contributed by atoms with van der Waals surface area (Å²) in [5.74, 6) is 0.349. The molecule has 3 aromatic rings. The van der Waals surface area contributed by atoms with Gasteiger partial charge in [-0.1, -0.05) is 29.8 Å². The molecule has 0 aliphatic carbocycles. The lowest BCUT2D eigenvalue weighted by molar-refractivity contribution is 0.319. The highest BCUT2D eigenvalue weighted by atomic mass is 32.2. The Hall–Kier alpha value is -1.76. The first-order valence-corrected chi connectivity index (χ1v) is 10.7. The Labute approximate surface area is 152 Å². The summed E-state index contributed by atoms with van der Waals surface area (Å²) in [5.41, 5.74) is 2.10. The molecule has 1 aromatic heterocycles. The van der Waals surface area contributed by atoms with Gasteiger partial charge in [0.2, 0.25) is 10.0 Å². The lowest BCUT2D eigenvalue weighted by Crippen LogP contribution is -2.37. The molecule has 0 unspecified atom stereocenters. The van der Waals surface area contributed by atoms with Gasteiger partial charge in [-0.25, -0.2) is 13.4 Å². The largest absolute Gasteiger partial charge is 0.243 e. The number of aryl methyl sites for hydroxylation is 1. The van der Waals surface area contributed by atoms with Crippen molar-refractivity contribution in [2.75, 3.05) is 13.1 Å². The van der Waals surface area contributed by atoms with Gasteiger partial charge in [-0.3, -0.25) is 0 Å². The van der Waals surface area contributed by atoms with Crippen LogP contribution in [0.4, 0.5) is 0 Å². The van der Waals surface area contributed by atoms with Crippen molar-refractivity contribution < 1.29 is 8.42 Å². The van der Waals surface area contributed by atoms with Crippen LogP contribution in [-0.2, 0) is 10.0 Å². The lowest BCUT2D eigenvalue weighted by atomic mass is 9.99. The SMILES string of the molecule is Cc1ccc(S(=O)(=O)N2CCC(c3nc4ccccc4s3)CC2)cc1. The zero-order valence-corrected chi connectivity index (χ0v) is 15.7. The van der Waals surface area contributed by atoms with Gasteiger partial charge in [0.15, 0.2) is 0 Å². The van der Waals surface area contributed by atoms with Crippen LogP contribution in [0.2, 0.25) is 0 Å². The predicted molar refractivity (Wildman–Crippen MR) is 102 cm³/mol. The summed E-state index contributed by atoms with van der Waals surface area (Å²) in [6.45, 7) is 3.06. The number of fused-ring (bicyclic) bond motifs is 1. The minimum absolute atomic E-state index is 0.349. The molecule has 0 bridgehead atoms. The van der Waals surface area contributed by atoms with Crippen LogP contribution in [0.5, 0.6) is 0 Å². The van der Waals surface area contributed by atoms with E-state index in [1.165, 1.54) is 4.70 Å². The molecule has 0 spiro atoms. The van der Waals surface area contributed by atoms with Crippen LogP contribution < -0.4 is 0 Å². The summed E-state index contributed by atoms with van der Waals surface area (Å²) in [5, 5.41) is 1.13. The van der Waals surface area contributed by atoms with Crippen LogP contribution in [0.25, 0.3) is 10.2 Å². The molecule has 1 aliphatic heterocycles. The number of thiazole rings is 1. The van der Waals surface area contributed by atoms with Crippen LogP contribution in [0.3, 0.4) is 0 Å². The van der Waals surface area contributed by atoms with Crippen LogP contribution in [0.1, 0.15) is 29.3 Å². The summed E-state index contributed by atoms with van der Waals surface area (Å²) in [7, 11) is -3.39. The first kappa shape index (κ1) is 16.7. The molecular weight excluding hydrogens is 352 g/mol. The van der Waals surface area contributed by atoms with Crippen LogP contribution in [0, 0.1) is 6.92 Å². The van der Waals surface area contributed by atoms with Crippen molar-refractivity contribution >= 4 is 31.6 Å². The van der Waals surface area contributed by atoms with Crippen molar-refractivity contribution in [2.24, 2.45) is 0 Å². The second kappa shape index (κ2) is 6.52. The maximum absolute atomic E-state index is 12.8. The summed E-state index contributed by atoms with van der Waals surface area (Å²) < 4.78 is 28.4. The monoisotopic (exact) mass is 372 g/mol. The standard InChI is InChI=1S/C19H20N2O2S2/c1-14-6-8-16(9-7-14)25(22,23)21-12-10-15(11-13-21)19-20-17-4-2-3-5-18(17)24-19/h2-9,15H,10-13H2,1H3. The number of rotatable bonds is 3. The maximum atomic E-state index is 12.8. The van der Waals surface area contributed by atoms with Gasteiger partial charge in [0.25, 0.3) is 0 Å². The molecule has 2 aromatic carbocycles. The van der Waals surface area contributed by atoms with E-state index < -0.39 is 10.0 Å². The smallest absolute Gasteiger partial charge is 0.241 e. The Morgan fingerprint density at radius 2 is 1.72 bits per heavy atom. The molecular formula is C19H20N2O2S2. The van der Waals surface area contributed by atoms with Crippen molar-refractivity contribution in [3.63, 3.8) is 0 Å². The first-order chi connectivity index (χ1) is 12.0. The zero-order chi connectivity index (χ0) is 17.4. The molecule has 1 saturated heterocycles. The fourth-order valence-electron chi connectivity index (χ4n) is 3.27. The number of aromatic nitrogens is 1. The highest BCUT2D eigenvalue weighted by Crippen LogP contribution is 2.35. The third kappa shape index (κ3) is 3.21. The number of para-hydroxylation sites is 1. The average molecular weight is 373 g/mol. The van der Waals surface area contributed by atoms with E-state index in [9.17, 15) is 8.42 Å². The molecule has 6 heteroatoms. The normalized spacial score (nSPS) is 17.2. The van der Waals surface area contributed by atoms with Gasteiger partial charge >= 0.3 is 0 Å². The van der Waals surface area contributed by atoms with E-state index in [2.05, 4.69) is 6.07 Å². The van der Waals surface area contributed by atoms with Crippen LogP contribution >= 0.6 is 11.3 Å². The molecule has 130 valence electrons. The van der Waals surface area contributed by atoms with Gasteiger partial charge in [0.05, 0.1) is 20.1 Å². The van der Waals surface area contributed by atoms with E-state index >= 15 is 0 Å². The number of hydrogen-bond acceptors (Lipinski definition) is 4. The van der Waals surface area contributed by atoms with E-state index in [1.807, 2.05) is 37.3 Å². The molecule has 0 radical (unpaired) electrons. The van der Waals surface area contributed by atoms with Crippen molar-refractivity contribution in [3.8, 4) is 0 Å². The van der Waals surface area contributed by atoms with Gasteiger partial charge < -0.3 is 0 Å². The Morgan fingerprint density at radius 1 is 1.04 bits per heavy atom. The van der Waals surface area contributed by atoms with Crippen molar-refractivity contribution in [3.05, 3.63) is 59.1 Å². The Bertz CT molecular complexity index is 953. The number of hydrogen-bond donors (Lipinski definition) is 0. The second-order valence-electron chi connectivity index (χ2n) is 6.51. The molecule has 2 heterocycles. The Morgan fingerprint density at radius 3 is 2.40 bits per heavy atom. The lowest BCUT2D eigenvalue weighted by Gasteiger charge is -2.30. The quantitative estimate of drug-likeness (QED) is 0.693. The van der Waals surface area contributed by atoms with E-state index in [1.54, 1.807) is 27.8 Å². The van der Waals surface area contributed by atoms with Gasteiger partial charge in [0.1, 0.15) is 0 Å². The van der Waals surface area contributed by atoms with Gasteiger partial charge in [-0.15, -0.1) is 11.3 Å². The summed E-state index contributed by atoms with van der Waals surface area (Å²) >= 11 is 1.73. The molecule has 4 rings (SSSR count). The number of piperidine rings is 1. The molecule has 0 amide bonds. The van der Waals surface area contributed by atoms with E-state index in [0.717, 1.165) is 28.9 Å². The number of nitrogens with zero attached hydrogens (tertiary/aromatic N) is 2. The Kier molecular flexibility index (Phi) is 4.35. The fraction of sp³-hybridized carbons (Fsp3) is 0.316. The first-order valence-electron chi connectivity index (χ1n) is 8.46. The topological polar surface area (TPSA) is 50.3 Å². The zero-order valence-electron chi connectivity index (χ0n) is 14.1. The van der Waals surface area contributed by atoms with Crippen LogP contribution in [0.15, 0.2) is 53.4 Å². The van der Waals surface area contributed by atoms with Gasteiger partial charge in [-0.05, 0) is 44.0 Å². The van der Waals surface area contributed by atoms with Gasteiger partial charge in [0, 0.05) is 19.0 Å². The molecule has 0 saturated carbocycles. The summed E-state index contributed by atoms with van der Waals surface area (Å²) in [4.78, 5) is 5.13. The maximum Gasteiger partial charge on any atom is 0.243 e. The molecule has 25 heavy (non-hydrogen) atoms. The predicted octanol–water partition coefficient (Wildman–Crippen LogP) is 4.17. The number of benzene rings is 2. The van der Waals surface area contributed by atoms with Crippen molar-refractivity contribution in [1.29, 1.82) is 0 Å². The van der Waals surface area contributed by atoms with E-state index in [-0.39, 0.29) is 0 Å². The average Bonchev–Trinajstić information content (AvgIpc) is 3.06. The summed E-state index contributed by atoms with van der Waals surface area (Å²) in [6, 6.07) is 15.2. The molecule has 0 atom stereocenters. The fourth-order valence-corrected chi connectivity index (χ4v) is 5.87. The molecule has 1 fully saturated rings. The van der Waals surface area contributed by atoms with Crippen molar-refractivity contribution in [2.45, 2.75) is 30.6 Å². The number of sulfonamides is 1. The van der Waals surface area contributed by atoms with Gasteiger partial charge in [-0.2, -0.15) is 4.31 Å². The minimum Gasteiger partial charge on any atom is -0.241 e. The minimum atomic E-state index is -3.39. The van der Waals surface area contributed by atoms with Crippen LogP contribution in [-0.4, -0.2) is 30.8 Å². The van der Waals surface area contributed by atoms with E-state index in [4.69, 9.17) is 4.98 Å². The summed E-state index contributed by atoms with van der Waals surface area (Å²) in [6.07, 6.45) is 1.65. The third-order valence-corrected chi connectivity index (χ3v) is 7.88. The Balaban J connectivity index is 1.50. The molecule has 0 N–H and O–H groups in total. The van der Waals surface area contributed by atoms with E-state index in [0.29, 0.717) is 23.9 Å².